The maximum Gasteiger partial charge on any atom is 0.119 e. The molecule has 1 nitrogen and oxygen atoms in total. The fourth-order valence-corrected chi connectivity index (χ4v) is 2.05. The average Bonchev–Trinajstić information content (AvgIpc) is 2.29. The summed E-state index contributed by atoms with van der Waals surface area (Å²) in [6.45, 7) is 6.20. The quantitative estimate of drug-likeness (QED) is 0.808. The van der Waals surface area contributed by atoms with Gasteiger partial charge in [-0.15, -0.1) is 0 Å². The first kappa shape index (κ1) is 11.7. The Labute approximate surface area is 103 Å². The molecule has 0 heterocycles. The Bertz CT molecular complexity index is 513. The lowest BCUT2D eigenvalue weighted by atomic mass is 9.93. The molecule has 0 unspecified atom stereocenters. The van der Waals surface area contributed by atoms with Gasteiger partial charge in [0.1, 0.15) is 5.75 Å². The van der Waals surface area contributed by atoms with Crippen molar-refractivity contribution in [3.8, 4) is 16.9 Å². The molecule has 0 saturated heterocycles. The van der Waals surface area contributed by atoms with Crippen LogP contribution in [0.4, 0.5) is 0 Å². The van der Waals surface area contributed by atoms with Crippen molar-refractivity contribution in [3.05, 3.63) is 53.6 Å². The average molecular weight is 225 g/mol. The molecule has 17 heavy (non-hydrogen) atoms. The zero-order valence-corrected chi connectivity index (χ0v) is 10.5. The Morgan fingerprint density at radius 1 is 1.12 bits per heavy atom. The van der Waals surface area contributed by atoms with Crippen molar-refractivity contribution < 1.29 is 5.11 Å². The summed E-state index contributed by atoms with van der Waals surface area (Å²) in [6, 6.07) is 14.9. The van der Waals surface area contributed by atoms with E-state index in [0.717, 1.165) is 11.1 Å². The van der Waals surface area contributed by atoms with Crippen LogP contribution in [-0.4, -0.2) is 5.11 Å². The number of benzene rings is 2. The van der Waals surface area contributed by atoms with Gasteiger partial charge in [-0.1, -0.05) is 38.1 Å². The van der Waals surface area contributed by atoms with E-state index in [-0.39, 0.29) is 0 Å². The highest BCUT2D eigenvalue weighted by Crippen LogP contribution is 2.33. The van der Waals surface area contributed by atoms with Crippen molar-refractivity contribution in [2.75, 3.05) is 0 Å². The van der Waals surface area contributed by atoms with Gasteiger partial charge in [0.2, 0.25) is 0 Å². The van der Waals surface area contributed by atoms with Crippen LogP contribution < -0.4 is 0 Å². The fourth-order valence-electron chi connectivity index (χ4n) is 2.05. The summed E-state index contributed by atoms with van der Waals surface area (Å²) in [5.74, 6) is 0.716. The number of aromatic hydroxyl groups is 1. The standard InChI is InChI=1S/C16H17O/c1-11(2)14-10-15(12(3)9-16(14)17)13-7-5-4-6-8-13/h5-11,17H,1-3H3. The number of phenolic OH excluding ortho intramolecular Hbond substituents is 1. The fraction of sp³-hybridized carbons (Fsp3) is 0.250. The van der Waals surface area contributed by atoms with Gasteiger partial charge in [0.25, 0.3) is 0 Å². The van der Waals surface area contributed by atoms with Crippen molar-refractivity contribution in [2.45, 2.75) is 26.7 Å². The highest BCUT2D eigenvalue weighted by Gasteiger charge is 2.10. The molecule has 0 spiro atoms. The summed E-state index contributed by atoms with van der Waals surface area (Å²) >= 11 is 0. The molecule has 0 fully saturated rings. The molecule has 0 bridgehead atoms. The van der Waals surface area contributed by atoms with Gasteiger partial charge in [-0.25, -0.2) is 0 Å². The van der Waals surface area contributed by atoms with Gasteiger partial charge in [0, 0.05) is 0 Å². The van der Waals surface area contributed by atoms with Gasteiger partial charge in [-0.3, -0.25) is 0 Å². The van der Waals surface area contributed by atoms with Crippen molar-refractivity contribution >= 4 is 0 Å². The Balaban J connectivity index is 2.59. The van der Waals surface area contributed by atoms with Crippen LogP contribution in [0.5, 0.6) is 5.75 Å². The smallest absolute Gasteiger partial charge is 0.119 e. The van der Waals surface area contributed by atoms with E-state index in [0.29, 0.717) is 11.7 Å². The number of hydrogen-bond donors (Lipinski definition) is 1. The van der Waals surface area contributed by atoms with E-state index >= 15 is 0 Å². The van der Waals surface area contributed by atoms with Gasteiger partial charge in [0.05, 0.1) is 0 Å². The first-order chi connectivity index (χ1) is 8.09. The number of hydrogen-bond acceptors (Lipinski definition) is 1. The summed E-state index contributed by atoms with van der Waals surface area (Å²) in [6.07, 6.45) is 0. The minimum atomic E-state index is 0.324. The minimum Gasteiger partial charge on any atom is -0.508 e. The molecule has 0 aliphatic rings. The molecule has 0 aromatic heterocycles. The summed E-state index contributed by atoms with van der Waals surface area (Å²) < 4.78 is 0. The summed E-state index contributed by atoms with van der Waals surface area (Å²) in [4.78, 5) is 0. The molecule has 2 aromatic carbocycles. The maximum atomic E-state index is 9.93. The first-order valence-electron chi connectivity index (χ1n) is 5.89. The van der Waals surface area contributed by atoms with Gasteiger partial charge < -0.3 is 5.11 Å². The zero-order chi connectivity index (χ0) is 12.4. The van der Waals surface area contributed by atoms with Crippen LogP contribution in [0.1, 0.15) is 30.9 Å². The molecule has 1 N–H and O–H groups in total. The second kappa shape index (κ2) is 4.62. The predicted molar refractivity (Wildman–Crippen MR) is 71.2 cm³/mol. The van der Waals surface area contributed by atoms with Crippen LogP contribution in [0, 0.1) is 13.0 Å². The Hall–Kier alpha value is -1.76. The van der Waals surface area contributed by atoms with Crippen LogP contribution in [-0.2, 0) is 0 Å². The molecular formula is C16H17O. The molecule has 1 radical (unpaired) electrons. The molecular weight excluding hydrogens is 208 g/mol. The van der Waals surface area contributed by atoms with Crippen LogP contribution in [0.15, 0.2) is 36.4 Å². The lowest BCUT2D eigenvalue weighted by molar-refractivity contribution is 0.464. The molecule has 0 saturated carbocycles. The molecule has 0 aliphatic heterocycles. The molecule has 87 valence electrons. The minimum absolute atomic E-state index is 0.324. The third-order valence-corrected chi connectivity index (χ3v) is 3.02. The van der Waals surface area contributed by atoms with Crippen LogP contribution in [0.3, 0.4) is 0 Å². The Morgan fingerprint density at radius 2 is 1.76 bits per heavy atom. The molecule has 2 aromatic rings. The third kappa shape index (κ3) is 2.33. The molecule has 0 atom stereocenters. The van der Waals surface area contributed by atoms with Crippen molar-refractivity contribution in [3.63, 3.8) is 0 Å². The third-order valence-electron chi connectivity index (χ3n) is 3.02. The normalized spacial score (nSPS) is 10.8. The number of phenols is 1. The number of rotatable bonds is 2. The van der Waals surface area contributed by atoms with Gasteiger partial charge in [0.15, 0.2) is 0 Å². The van der Waals surface area contributed by atoms with E-state index in [1.54, 1.807) is 0 Å². The van der Waals surface area contributed by atoms with Crippen LogP contribution >= 0.6 is 0 Å². The van der Waals surface area contributed by atoms with Gasteiger partial charge in [-0.2, -0.15) is 0 Å². The topological polar surface area (TPSA) is 20.2 Å². The second-order valence-corrected chi connectivity index (χ2v) is 4.67. The van der Waals surface area contributed by atoms with Crippen molar-refractivity contribution in [1.29, 1.82) is 0 Å². The van der Waals surface area contributed by atoms with E-state index in [4.69, 9.17) is 0 Å². The van der Waals surface area contributed by atoms with E-state index in [9.17, 15) is 5.11 Å². The van der Waals surface area contributed by atoms with Gasteiger partial charge >= 0.3 is 0 Å². The van der Waals surface area contributed by atoms with Crippen molar-refractivity contribution in [1.82, 2.24) is 0 Å². The molecule has 0 aliphatic carbocycles. The van der Waals surface area contributed by atoms with E-state index in [1.807, 2.05) is 37.3 Å². The lowest BCUT2D eigenvalue weighted by Crippen LogP contribution is -1.92. The van der Waals surface area contributed by atoms with E-state index in [1.165, 1.54) is 11.1 Å². The highest BCUT2D eigenvalue weighted by molar-refractivity contribution is 5.69. The maximum absolute atomic E-state index is 9.93. The Morgan fingerprint density at radius 3 is 2.35 bits per heavy atom. The van der Waals surface area contributed by atoms with Gasteiger partial charge in [-0.05, 0) is 53.3 Å². The van der Waals surface area contributed by atoms with Crippen molar-refractivity contribution in [2.24, 2.45) is 0 Å². The lowest BCUT2D eigenvalue weighted by Gasteiger charge is -2.13. The first-order valence-corrected chi connectivity index (χ1v) is 5.89. The monoisotopic (exact) mass is 225 g/mol. The Kier molecular flexibility index (Phi) is 3.19. The SMILES string of the molecule is Cc1cc(O)c(C(C)C)cc1-c1cc[c]cc1. The highest BCUT2D eigenvalue weighted by atomic mass is 16.3. The molecule has 0 amide bonds. The summed E-state index contributed by atoms with van der Waals surface area (Å²) in [5, 5.41) is 9.93. The molecule has 1 heteroatoms. The zero-order valence-electron chi connectivity index (χ0n) is 10.5. The van der Waals surface area contributed by atoms with Crippen LogP contribution in [0.2, 0.25) is 0 Å². The summed E-state index contributed by atoms with van der Waals surface area (Å²) in [5.41, 5.74) is 4.44. The largest absolute Gasteiger partial charge is 0.508 e. The molecule has 2 rings (SSSR count). The second-order valence-electron chi connectivity index (χ2n) is 4.67. The van der Waals surface area contributed by atoms with E-state index < -0.39 is 0 Å². The predicted octanol–water partition coefficient (Wildman–Crippen LogP) is 4.29. The van der Waals surface area contributed by atoms with Crippen LogP contribution in [0.25, 0.3) is 11.1 Å². The number of aryl methyl sites for hydroxylation is 1. The summed E-state index contributed by atoms with van der Waals surface area (Å²) in [7, 11) is 0. The van der Waals surface area contributed by atoms with E-state index in [2.05, 4.69) is 26.0 Å².